The average molecular weight is 380 g/mol. The number of pyridine rings is 1. The van der Waals surface area contributed by atoms with E-state index >= 15 is 0 Å². The Balaban J connectivity index is 1.35. The van der Waals surface area contributed by atoms with Gasteiger partial charge in [-0.25, -0.2) is 0 Å². The maximum Gasteiger partial charge on any atom is 0.255 e. The summed E-state index contributed by atoms with van der Waals surface area (Å²) in [7, 11) is 0. The topological polar surface area (TPSA) is 56.7 Å². The average Bonchev–Trinajstić information content (AvgIpc) is 2.74. The minimum Gasteiger partial charge on any atom is -0.391 e. The van der Waals surface area contributed by atoms with Crippen LogP contribution in [0.15, 0.2) is 54.9 Å². The zero-order valence-corrected chi connectivity index (χ0v) is 16.3. The molecule has 1 atom stereocenters. The summed E-state index contributed by atoms with van der Waals surface area (Å²) in [6.07, 6.45) is 6.80. The van der Waals surface area contributed by atoms with Crippen molar-refractivity contribution in [1.82, 2.24) is 14.8 Å². The first-order valence-corrected chi connectivity index (χ1v) is 10.3. The standard InChI is InChI=1S/C23H29N3O2/c27-21-15-23(18-26(17-21)22(28)20-7-4-11-24-16-20)9-13-25(14-10-23)12-8-19-5-2-1-3-6-19/h1-7,11,16,21,27H,8-10,12-15,17-18H2. The summed E-state index contributed by atoms with van der Waals surface area (Å²) in [5.74, 6) is -0.0160. The lowest BCUT2D eigenvalue weighted by atomic mass is 9.71. The molecule has 4 rings (SSSR count). The van der Waals surface area contributed by atoms with E-state index in [-0.39, 0.29) is 11.3 Å². The van der Waals surface area contributed by atoms with Gasteiger partial charge in [-0.05, 0) is 61.9 Å². The van der Waals surface area contributed by atoms with Crippen LogP contribution in [-0.4, -0.2) is 64.6 Å². The first-order chi connectivity index (χ1) is 13.6. The van der Waals surface area contributed by atoms with Crippen molar-refractivity contribution in [2.75, 3.05) is 32.7 Å². The summed E-state index contributed by atoms with van der Waals surface area (Å²) in [6, 6.07) is 14.2. The largest absolute Gasteiger partial charge is 0.391 e. The number of piperidine rings is 2. The molecule has 0 radical (unpaired) electrons. The summed E-state index contributed by atoms with van der Waals surface area (Å²) in [4.78, 5) is 21.3. The minimum absolute atomic E-state index is 0.0160. The maximum absolute atomic E-state index is 12.9. The molecule has 2 aromatic rings. The second-order valence-corrected chi connectivity index (χ2v) is 8.36. The SMILES string of the molecule is O=C(c1cccnc1)N1CC(O)CC2(CCN(CCc3ccccc3)CC2)C1. The summed E-state index contributed by atoms with van der Waals surface area (Å²) >= 11 is 0. The van der Waals surface area contributed by atoms with Crippen LogP contribution in [0.3, 0.4) is 0 Å². The Hall–Kier alpha value is -2.24. The predicted octanol–water partition coefficient (Wildman–Crippen LogP) is 2.61. The molecule has 1 unspecified atom stereocenters. The highest BCUT2D eigenvalue weighted by molar-refractivity contribution is 5.94. The van der Waals surface area contributed by atoms with E-state index in [2.05, 4.69) is 40.2 Å². The van der Waals surface area contributed by atoms with Crippen molar-refractivity contribution in [3.8, 4) is 0 Å². The van der Waals surface area contributed by atoms with Crippen molar-refractivity contribution in [1.29, 1.82) is 0 Å². The zero-order valence-electron chi connectivity index (χ0n) is 16.3. The Morgan fingerprint density at radius 1 is 1.14 bits per heavy atom. The number of amides is 1. The van der Waals surface area contributed by atoms with Crippen LogP contribution in [0, 0.1) is 5.41 Å². The lowest BCUT2D eigenvalue weighted by molar-refractivity contribution is -0.0325. The Morgan fingerprint density at radius 3 is 2.64 bits per heavy atom. The van der Waals surface area contributed by atoms with Crippen LogP contribution >= 0.6 is 0 Å². The van der Waals surface area contributed by atoms with E-state index in [1.54, 1.807) is 24.5 Å². The first-order valence-electron chi connectivity index (χ1n) is 10.3. The minimum atomic E-state index is -0.440. The van der Waals surface area contributed by atoms with Crippen molar-refractivity contribution < 1.29 is 9.90 Å². The van der Waals surface area contributed by atoms with Crippen molar-refractivity contribution in [3.05, 3.63) is 66.0 Å². The van der Waals surface area contributed by atoms with Gasteiger partial charge >= 0.3 is 0 Å². The smallest absolute Gasteiger partial charge is 0.255 e. The van der Waals surface area contributed by atoms with Crippen molar-refractivity contribution in [2.45, 2.75) is 31.8 Å². The third kappa shape index (κ3) is 4.42. The van der Waals surface area contributed by atoms with Gasteiger partial charge in [-0.15, -0.1) is 0 Å². The van der Waals surface area contributed by atoms with Crippen LogP contribution in [0.1, 0.15) is 35.2 Å². The Morgan fingerprint density at radius 2 is 1.93 bits per heavy atom. The number of hydrogen-bond donors (Lipinski definition) is 1. The summed E-state index contributed by atoms with van der Waals surface area (Å²) < 4.78 is 0. The fourth-order valence-corrected chi connectivity index (χ4v) is 4.72. The lowest BCUT2D eigenvalue weighted by Crippen LogP contribution is -2.55. The van der Waals surface area contributed by atoms with Gasteiger partial charge in [-0.3, -0.25) is 9.78 Å². The van der Waals surface area contributed by atoms with Gasteiger partial charge in [0.05, 0.1) is 11.7 Å². The molecule has 2 saturated heterocycles. The van der Waals surface area contributed by atoms with Gasteiger partial charge in [0.15, 0.2) is 0 Å². The van der Waals surface area contributed by atoms with Crippen LogP contribution in [-0.2, 0) is 6.42 Å². The molecule has 1 amide bonds. The third-order valence-corrected chi connectivity index (χ3v) is 6.30. The number of likely N-dealkylation sites (tertiary alicyclic amines) is 2. The van der Waals surface area contributed by atoms with Crippen molar-refractivity contribution in [3.63, 3.8) is 0 Å². The number of aliphatic hydroxyl groups excluding tert-OH is 1. The first kappa shape index (κ1) is 19.1. The van der Waals surface area contributed by atoms with E-state index in [1.165, 1.54) is 5.56 Å². The predicted molar refractivity (Wildman–Crippen MR) is 109 cm³/mol. The molecular formula is C23H29N3O2. The van der Waals surface area contributed by atoms with Crippen molar-refractivity contribution >= 4 is 5.91 Å². The van der Waals surface area contributed by atoms with Gasteiger partial charge in [0, 0.05) is 32.0 Å². The van der Waals surface area contributed by atoms with E-state index in [9.17, 15) is 9.90 Å². The van der Waals surface area contributed by atoms with Crippen LogP contribution in [0.5, 0.6) is 0 Å². The number of β-amino-alcohol motifs (C(OH)–C–C–N with tert-alkyl or cyclic N) is 1. The molecule has 1 N–H and O–H groups in total. The maximum atomic E-state index is 12.9. The van der Waals surface area contributed by atoms with Gasteiger partial charge < -0.3 is 14.9 Å². The molecule has 2 fully saturated rings. The number of aromatic nitrogens is 1. The number of carbonyl (C=O) groups is 1. The number of hydrogen-bond acceptors (Lipinski definition) is 4. The van der Waals surface area contributed by atoms with E-state index in [1.807, 2.05) is 4.90 Å². The van der Waals surface area contributed by atoms with Gasteiger partial charge in [0.2, 0.25) is 0 Å². The molecule has 1 aromatic heterocycles. The lowest BCUT2D eigenvalue weighted by Gasteiger charge is -2.49. The van der Waals surface area contributed by atoms with E-state index < -0.39 is 6.10 Å². The van der Waals surface area contributed by atoms with Crippen molar-refractivity contribution in [2.24, 2.45) is 5.41 Å². The fraction of sp³-hybridized carbons (Fsp3) is 0.478. The second-order valence-electron chi connectivity index (χ2n) is 8.36. The van der Waals surface area contributed by atoms with E-state index in [4.69, 9.17) is 0 Å². The van der Waals surface area contributed by atoms with Crippen LogP contribution in [0.2, 0.25) is 0 Å². The third-order valence-electron chi connectivity index (χ3n) is 6.30. The number of benzene rings is 1. The van der Waals surface area contributed by atoms with E-state index in [0.29, 0.717) is 12.1 Å². The zero-order chi connectivity index (χ0) is 19.4. The summed E-state index contributed by atoms with van der Waals surface area (Å²) in [6.45, 7) is 4.31. The highest BCUT2D eigenvalue weighted by atomic mass is 16.3. The molecule has 2 aliphatic heterocycles. The highest BCUT2D eigenvalue weighted by Crippen LogP contribution is 2.40. The Labute approximate surface area is 167 Å². The normalized spacial score (nSPS) is 22.3. The fourth-order valence-electron chi connectivity index (χ4n) is 4.72. The molecule has 28 heavy (non-hydrogen) atoms. The molecule has 0 saturated carbocycles. The van der Waals surface area contributed by atoms with Gasteiger partial charge in [0.1, 0.15) is 0 Å². The summed E-state index contributed by atoms with van der Waals surface area (Å²) in [5, 5.41) is 10.5. The van der Waals surface area contributed by atoms with Crippen LogP contribution in [0.25, 0.3) is 0 Å². The molecule has 2 aliphatic rings. The molecule has 1 spiro atoms. The van der Waals surface area contributed by atoms with E-state index in [0.717, 1.165) is 51.9 Å². The molecule has 0 bridgehead atoms. The number of nitrogens with zero attached hydrogens (tertiary/aromatic N) is 3. The molecule has 148 valence electrons. The highest BCUT2D eigenvalue weighted by Gasteiger charge is 2.42. The van der Waals surface area contributed by atoms with Gasteiger partial charge in [-0.2, -0.15) is 0 Å². The molecular weight excluding hydrogens is 350 g/mol. The van der Waals surface area contributed by atoms with Crippen LogP contribution < -0.4 is 0 Å². The molecule has 0 aliphatic carbocycles. The number of rotatable bonds is 4. The molecule has 1 aromatic carbocycles. The number of carbonyl (C=O) groups excluding carboxylic acids is 1. The Bertz CT molecular complexity index is 773. The Kier molecular flexibility index (Phi) is 5.74. The quantitative estimate of drug-likeness (QED) is 0.887. The number of aliphatic hydroxyl groups is 1. The second kappa shape index (κ2) is 8.41. The van der Waals surface area contributed by atoms with Gasteiger partial charge in [-0.1, -0.05) is 30.3 Å². The molecule has 5 nitrogen and oxygen atoms in total. The van der Waals surface area contributed by atoms with Gasteiger partial charge in [0.25, 0.3) is 5.91 Å². The summed E-state index contributed by atoms with van der Waals surface area (Å²) in [5.41, 5.74) is 2.02. The molecule has 5 heteroatoms. The van der Waals surface area contributed by atoms with Crippen LogP contribution in [0.4, 0.5) is 0 Å². The molecule has 3 heterocycles. The monoisotopic (exact) mass is 379 g/mol.